The number of anilines is 1. The van der Waals surface area contributed by atoms with E-state index in [9.17, 15) is 4.79 Å². The Morgan fingerprint density at radius 3 is 2.72 bits per heavy atom. The first kappa shape index (κ1) is 20.1. The highest BCUT2D eigenvalue weighted by Crippen LogP contribution is 2.26. The molecule has 154 valence electrons. The fraction of sp³-hybridized carbons (Fsp3) is 0.480. The van der Waals surface area contributed by atoms with Crippen molar-refractivity contribution in [2.75, 3.05) is 18.4 Å². The van der Waals surface area contributed by atoms with Crippen molar-refractivity contribution in [3.8, 4) is 0 Å². The molecule has 2 aliphatic heterocycles. The van der Waals surface area contributed by atoms with Gasteiger partial charge in [-0.3, -0.25) is 9.69 Å². The third kappa shape index (κ3) is 5.26. The van der Waals surface area contributed by atoms with E-state index in [4.69, 9.17) is 0 Å². The summed E-state index contributed by atoms with van der Waals surface area (Å²) in [6.07, 6.45) is 4.06. The first-order valence-electron chi connectivity index (χ1n) is 11.0. The van der Waals surface area contributed by atoms with Crippen LogP contribution in [0, 0.1) is 5.92 Å². The normalized spacial score (nSPS) is 18.9. The third-order valence-corrected chi connectivity index (χ3v) is 6.41. The molecule has 4 nitrogen and oxygen atoms in total. The van der Waals surface area contributed by atoms with Crippen LogP contribution in [-0.2, 0) is 24.3 Å². The first-order chi connectivity index (χ1) is 14.1. The number of rotatable bonds is 6. The van der Waals surface area contributed by atoms with Gasteiger partial charge in [0.05, 0.1) is 0 Å². The SMILES string of the molecule is CC1CCN(Cc2cccc(CNC(C)c3ccc4c(c3)CCC(=O)N4)c2)CC1. The maximum atomic E-state index is 11.5. The van der Waals surface area contributed by atoms with Gasteiger partial charge in [-0.05, 0) is 73.5 Å². The Morgan fingerprint density at radius 1 is 1.10 bits per heavy atom. The summed E-state index contributed by atoms with van der Waals surface area (Å²) in [5.41, 5.74) is 6.24. The van der Waals surface area contributed by atoms with Crippen LogP contribution in [0.25, 0.3) is 0 Å². The molecule has 4 rings (SSSR count). The standard InChI is InChI=1S/C25H33N3O/c1-18-10-12-28(13-11-18)17-21-5-3-4-20(14-21)16-26-19(2)22-6-8-24-23(15-22)7-9-25(29)27-24/h3-6,8,14-15,18-19,26H,7,9-13,16-17H2,1-2H3,(H,27,29). The monoisotopic (exact) mass is 391 g/mol. The van der Waals surface area contributed by atoms with Crippen LogP contribution in [0.3, 0.4) is 0 Å². The molecule has 4 heteroatoms. The number of hydrogen-bond acceptors (Lipinski definition) is 3. The molecule has 0 spiro atoms. The Bertz CT molecular complexity index is 855. The minimum atomic E-state index is 0.121. The molecule has 1 saturated heterocycles. The molecule has 0 aromatic heterocycles. The average Bonchev–Trinajstić information content (AvgIpc) is 2.73. The lowest BCUT2D eigenvalue weighted by atomic mass is 9.97. The van der Waals surface area contributed by atoms with E-state index in [0.717, 1.165) is 31.1 Å². The zero-order valence-corrected chi connectivity index (χ0v) is 17.7. The Morgan fingerprint density at radius 2 is 1.90 bits per heavy atom. The molecule has 0 aliphatic carbocycles. The van der Waals surface area contributed by atoms with Crippen molar-refractivity contribution in [2.24, 2.45) is 5.92 Å². The van der Waals surface area contributed by atoms with Crippen molar-refractivity contribution in [1.29, 1.82) is 0 Å². The number of nitrogens with zero attached hydrogens (tertiary/aromatic N) is 1. The molecular weight excluding hydrogens is 358 g/mol. The molecule has 0 bridgehead atoms. The number of fused-ring (bicyclic) bond motifs is 1. The first-order valence-corrected chi connectivity index (χ1v) is 11.0. The van der Waals surface area contributed by atoms with Crippen molar-refractivity contribution < 1.29 is 4.79 Å². The fourth-order valence-electron chi connectivity index (χ4n) is 4.38. The second-order valence-corrected chi connectivity index (χ2v) is 8.85. The summed E-state index contributed by atoms with van der Waals surface area (Å²) >= 11 is 0. The van der Waals surface area contributed by atoms with Crippen LogP contribution in [-0.4, -0.2) is 23.9 Å². The van der Waals surface area contributed by atoms with Gasteiger partial charge in [-0.15, -0.1) is 0 Å². The summed E-state index contributed by atoms with van der Waals surface area (Å²) in [6.45, 7) is 8.94. The van der Waals surface area contributed by atoms with Crippen molar-refractivity contribution in [1.82, 2.24) is 10.2 Å². The molecule has 2 N–H and O–H groups in total. The number of amides is 1. The highest BCUT2D eigenvalue weighted by Gasteiger charge is 2.17. The highest BCUT2D eigenvalue weighted by molar-refractivity contribution is 5.93. The van der Waals surface area contributed by atoms with E-state index < -0.39 is 0 Å². The molecule has 2 aromatic carbocycles. The average molecular weight is 392 g/mol. The van der Waals surface area contributed by atoms with Gasteiger partial charge in [0, 0.05) is 31.2 Å². The minimum absolute atomic E-state index is 0.121. The Hall–Kier alpha value is -2.17. The molecule has 29 heavy (non-hydrogen) atoms. The summed E-state index contributed by atoms with van der Waals surface area (Å²) in [5, 5.41) is 6.63. The second kappa shape index (κ2) is 9.10. The largest absolute Gasteiger partial charge is 0.326 e. The summed E-state index contributed by atoms with van der Waals surface area (Å²) in [6, 6.07) is 15.7. The zero-order valence-electron chi connectivity index (χ0n) is 17.7. The molecule has 1 atom stereocenters. The lowest BCUT2D eigenvalue weighted by Crippen LogP contribution is -2.32. The predicted molar refractivity (Wildman–Crippen MR) is 119 cm³/mol. The topological polar surface area (TPSA) is 44.4 Å². The molecule has 2 aromatic rings. The third-order valence-electron chi connectivity index (χ3n) is 6.41. The number of benzene rings is 2. The zero-order chi connectivity index (χ0) is 20.2. The Kier molecular flexibility index (Phi) is 6.31. The van der Waals surface area contributed by atoms with Crippen LogP contribution in [0.5, 0.6) is 0 Å². The van der Waals surface area contributed by atoms with Crippen molar-refractivity contribution in [2.45, 2.75) is 58.7 Å². The summed E-state index contributed by atoms with van der Waals surface area (Å²) in [7, 11) is 0. The Balaban J connectivity index is 1.33. The lowest BCUT2D eigenvalue weighted by Gasteiger charge is -2.30. The number of carbonyl (C=O) groups excluding carboxylic acids is 1. The van der Waals surface area contributed by atoms with Gasteiger partial charge in [0.1, 0.15) is 0 Å². The number of piperidine rings is 1. The summed E-state index contributed by atoms with van der Waals surface area (Å²) in [4.78, 5) is 14.1. The van der Waals surface area contributed by atoms with Crippen LogP contribution in [0.1, 0.15) is 61.4 Å². The van der Waals surface area contributed by atoms with Crippen LogP contribution >= 0.6 is 0 Å². The molecular formula is C25H33N3O. The summed E-state index contributed by atoms with van der Waals surface area (Å²) < 4.78 is 0. The van der Waals surface area contributed by atoms with Gasteiger partial charge < -0.3 is 10.6 Å². The van der Waals surface area contributed by atoms with Crippen LogP contribution in [0.2, 0.25) is 0 Å². The molecule has 1 amide bonds. The van der Waals surface area contributed by atoms with Gasteiger partial charge in [0.25, 0.3) is 0 Å². The van der Waals surface area contributed by atoms with Gasteiger partial charge in [0.15, 0.2) is 0 Å². The number of aryl methyl sites for hydroxylation is 1. The van der Waals surface area contributed by atoms with E-state index in [1.54, 1.807) is 0 Å². The maximum Gasteiger partial charge on any atom is 0.224 e. The van der Waals surface area contributed by atoms with Crippen molar-refractivity contribution in [3.05, 3.63) is 64.7 Å². The maximum absolute atomic E-state index is 11.5. The second-order valence-electron chi connectivity index (χ2n) is 8.85. The number of carbonyl (C=O) groups is 1. The van der Waals surface area contributed by atoms with Crippen LogP contribution < -0.4 is 10.6 Å². The van der Waals surface area contributed by atoms with E-state index in [2.05, 4.69) is 65.8 Å². The molecule has 0 radical (unpaired) electrons. The molecule has 1 unspecified atom stereocenters. The smallest absolute Gasteiger partial charge is 0.224 e. The van der Waals surface area contributed by atoms with E-state index in [1.165, 1.54) is 48.2 Å². The number of hydrogen-bond donors (Lipinski definition) is 2. The number of likely N-dealkylation sites (tertiary alicyclic amines) is 1. The highest BCUT2D eigenvalue weighted by atomic mass is 16.1. The molecule has 1 fully saturated rings. The van der Waals surface area contributed by atoms with Gasteiger partial charge in [-0.1, -0.05) is 43.3 Å². The van der Waals surface area contributed by atoms with Gasteiger partial charge in [-0.2, -0.15) is 0 Å². The molecule has 2 aliphatic rings. The minimum Gasteiger partial charge on any atom is -0.326 e. The molecule has 0 saturated carbocycles. The van der Waals surface area contributed by atoms with Crippen LogP contribution in [0.4, 0.5) is 5.69 Å². The van der Waals surface area contributed by atoms with Gasteiger partial charge in [-0.25, -0.2) is 0 Å². The van der Waals surface area contributed by atoms with E-state index in [0.29, 0.717) is 6.42 Å². The molecule has 2 heterocycles. The van der Waals surface area contributed by atoms with Gasteiger partial charge in [0.2, 0.25) is 5.91 Å². The number of nitrogens with one attached hydrogen (secondary N) is 2. The Labute approximate surface area is 174 Å². The van der Waals surface area contributed by atoms with Crippen molar-refractivity contribution >= 4 is 11.6 Å². The van der Waals surface area contributed by atoms with Gasteiger partial charge >= 0.3 is 0 Å². The predicted octanol–water partition coefficient (Wildman–Crippen LogP) is 4.65. The quantitative estimate of drug-likeness (QED) is 0.753. The lowest BCUT2D eigenvalue weighted by molar-refractivity contribution is -0.116. The van der Waals surface area contributed by atoms with Crippen molar-refractivity contribution in [3.63, 3.8) is 0 Å². The van der Waals surface area contributed by atoms with Crippen LogP contribution in [0.15, 0.2) is 42.5 Å². The van der Waals surface area contributed by atoms with E-state index in [1.807, 2.05) is 6.07 Å². The summed E-state index contributed by atoms with van der Waals surface area (Å²) in [5.74, 6) is 0.999. The van der Waals surface area contributed by atoms with E-state index in [-0.39, 0.29) is 11.9 Å². The van der Waals surface area contributed by atoms with E-state index >= 15 is 0 Å². The fourth-order valence-corrected chi connectivity index (χ4v) is 4.38.